The second-order valence-electron chi connectivity index (χ2n) is 8.78. The molecule has 0 spiro atoms. The number of aromatic nitrogens is 2. The summed E-state index contributed by atoms with van der Waals surface area (Å²) in [5, 5.41) is 14.0. The van der Waals surface area contributed by atoms with E-state index in [1.165, 1.54) is 9.30 Å². The van der Waals surface area contributed by atoms with Gasteiger partial charge in [0.15, 0.2) is 11.3 Å². The van der Waals surface area contributed by atoms with Crippen LogP contribution in [0.5, 0.6) is 5.75 Å². The molecule has 4 heterocycles. The van der Waals surface area contributed by atoms with Crippen LogP contribution in [0.1, 0.15) is 16.1 Å². The minimum Gasteiger partial charge on any atom is -0.501 e. The van der Waals surface area contributed by atoms with Crippen LogP contribution < -0.4 is 20.7 Å². The molecular weight excluding hydrogens is 523 g/mol. The molecule has 0 atom stereocenters. The Morgan fingerprint density at radius 2 is 1.86 bits per heavy atom. The number of halogens is 2. The van der Waals surface area contributed by atoms with Gasteiger partial charge in [0, 0.05) is 46.0 Å². The minimum atomic E-state index is -0.818. The number of benzene rings is 1. The lowest BCUT2D eigenvalue weighted by Gasteiger charge is -2.30. The maximum Gasteiger partial charge on any atom is 0.324 e. The van der Waals surface area contributed by atoms with Gasteiger partial charge in [-0.15, -0.1) is 0 Å². The molecule has 11 nitrogen and oxygen atoms in total. The fraction of sp³-hybridized carbons (Fsp3) is 0.333. The predicted octanol–water partition coefficient (Wildman–Crippen LogP) is 2.35. The molecule has 3 amide bonds. The van der Waals surface area contributed by atoms with Gasteiger partial charge in [-0.1, -0.05) is 29.3 Å². The maximum absolute atomic E-state index is 13.3. The van der Waals surface area contributed by atoms with Gasteiger partial charge in [-0.3, -0.25) is 18.9 Å². The molecule has 2 aliphatic rings. The predicted molar refractivity (Wildman–Crippen MR) is 139 cm³/mol. The molecule has 0 aliphatic carbocycles. The van der Waals surface area contributed by atoms with Crippen LogP contribution in [-0.4, -0.2) is 77.8 Å². The zero-order valence-corrected chi connectivity index (χ0v) is 21.4. The van der Waals surface area contributed by atoms with Crippen molar-refractivity contribution in [3.63, 3.8) is 0 Å². The Balaban J connectivity index is 1.57. The number of nitrogens with zero attached hydrogens (tertiary/aromatic N) is 5. The van der Waals surface area contributed by atoms with Crippen LogP contribution in [-0.2, 0) is 11.3 Å². The number of carbonyl (C=O) groups is 2. The quantitative estimate of drug-likeness (QED) is 0.504. The number of pyridine rings is 1. The Morgan fingerprint density at radius 3 is 2.54 bits per heavy atom. The summed E-state index contributed by atoms with van der Waals surface area (Å²) >= 11 is 12.0. The van der Waals surface area contributed by atoms with Gasteiger partial charge in [0.05, 0.1) is 34.6 Å². The molecule has 2 saturated heterocycles. The SMILES string of the molecule is CN1CCN(c2cc(N3CCOCC3)cn3c(=O)c(O)c(C(=O)NCc4ccc(Cl)c(Cl)c4)nc23)C1=O. The Kier molecular flexibility index (Phi) is 6.84. The summed E-state index contributed by atoms with van der Waals surface area (Å²) in [5.74, 6) is -1.55. The Hall–Kier alpha value is -3.54. The summed E-state index contributed by atoms with van der Waals surface area (Å²) in [6.45, 7) is 3.18. The highest BCUT2D eigenvalue weighted by Crippen LogP contribution is 2.30. The molecule has 0 radical (unpaired) electrons. The zero-order chi connectivity index (χ0) is 26.3. The second-order valence-corrected chi connectivity index (χ2v) is 9.59. The topological polar surface area (TPSA) is 120 Å². The second kappa shape index (κ2) is 10.1. The molecule has 2 N–H and O–H groups in total. The molecule has 3 aromatic rings. The number of likely N-dealkylation sites (N-methyl/N-ethyl adjacent to an activating group) is 1. The van der Waals surface area contributed by atoms with Gasteiger partial charge in [0.2, 0.25) is 5.75 Å². The summed E-state index contributed by atoms with van der Waals surface area (Å²) in [5.41, 5.74) is 0.540. The van der Waals surface area contributed by atoms with Crippen molar-refractivity contribution in [2.24, 2.45) is 0 Å². The lowest BCUT2D eigenvalue weighted by atomic mass is 10.2. The van der Waals surface area contributed by atoms with Gasteiger partial charge in [-0.25, -0.2) is 9.78 Å². The highest BCUT2D eigenvalue weighted by atomic mass is 35.5. The van der Waals surface area contributed by atoms with Gasteiger partial charge >= 0.3 is 11.6 Å². The van der Waals surface area contributed by atoms with Gasteiger partial charge in [-0.2, -0.15) is 0 Å². The molecule has 2 aliphatic heterocycles. The van der Waals surface area contributed by atoms with Crippen LogP contribution in [0.4, 0.5) is 16.2 Å². The number of urea groups is 1. The normalized spacial score (nSPS) is 16.1. The van der Waals surface area contributed by atoms with E-state index in [0.717, 1.165) is 0 Å². The number of hydrogen-bond acceptors (Lipinski definition) is 7. The van der Waals surface area contributed by atoms with Crippen molar-refractivity contribution in [3.8, 4) is 5.75 Å². The van der Waals surface area contributed by atoms with Gasteiger partial charge in [0.25, 0.3) is 5.91 Å². The third-order valence-electron chi connectivity index (χ3n) is 6.40. The van der Waals surface area contributed by atoms with E-state index in [-0.39, 0.29) is 18.2 Å². The Bertz CT molecular complexity index is 1460. The van der Waals surface area contributed by atoms with Crippen molar-refractivity contribution < 1.29 is 19.4 Å². The molecule has 0 saturated carbocycles. The lowest BCUT2D eigenvalue weighted by Crippen LogP contribution is -2.37. The average Bonchev–Trinajstić information content (AvgIpc) is 3.24. The third-order valence-corrected chi connectivity index (χ3v) is 7.14. The highest BCUT2D eigenvalue weighted by molar-refractivity contribution is 6.42. The van der Waals surface area contributed by atoms with Crippen LogP contribution in [0, 0.1) is 0 Å². The van der Waals surface area contributed by atoms with Crippen molar-refractivity contribution >= 4 is 52.2 Å². The summed E-state index contributed by atoms with van der Waals surface area (Å²) in [6, 6.07) is 6.42. The summed E-state index contributed by atoms with van der Waals surface area (Å²) in [6.07, 6.45) is 1.56. The number of fused-ring (bicyclic) bond motifs is 1. The number of ether oxygens (including phenoxy) is 1. The lowest BCUT2D eigenvalue weighted by molar-refractivity contribution is 0.0942. The average molecular weight is 547 g/mol. The summed E-state index contributed by atoms with van der Waals surface area (Å²) < 4.78 is 6.61. The molecule has 1 aromatic carbocycles. The fourth-order valence-electron chi connectivity index (χ4n) is 4.34. The molecule has 5 rings (SSSR count). The first-order valence-electron chi connectivity index (χ1n) is 11.6. The van der Waals surface area contributed by atoms with Gasteiger partial charge in [-0.05, 0) is 23.8 Å². The largest absolute Gasteiger partial charge is 0.501 e. The number of morpholine rings is 1. The number of rotatable bonds is 5. The molecule has 2 fully saturated rings. The first-order valence-corrected chi connectivity index (χ1v) is 12.4. The number of nitrogens with one attached hydrogen (secondary N) is 1. The highest BCUT2D eigenvalue weighted by Gasteiger charge is 2.31. The van der Waals surface area contributed by atoms with E-state index in [2.05, 4.69) is 10.3 Å². The van der Waals surface area contributed by atoms with E-state index in [4.69, 9.17) is 27.9 Å². The van der Waals surface area contributed by atoms with Crippen molar-refractivity contribution in [2.45, 2.75) is 6.54 Å². The van der Waals surface area contributed by atoms with E-state index in [9.17, 15) is 19.5 Å². The summed E-state index contributed by atoms with van der Waals surface area (Å²) in [4.78, 5) is 48.6. The molecule has 0 unspecified atom stereocenters. The maximum atomic E-state index is 13.3. The van der Waals surface area contributed by atoms with Crippen molar-refractivity contribution in [1.29, 1.82) is 0 Å². The molecule has 194 valence electrons. The summed E-state index contributed by atoms with van der Waals surface area (Å²) in [7, 11) is 1.68. The van der Waals surface area contributed by atoms with Crippen LogP contribution in [0.25, 0.3) is 5.65 Å². The van der Waals surface area contributed by atoms with Crippen LogP contribution in [0.15, 0.2) is 35.3 Å². The number of amides is 3. The molecule has 2 aromatic heterocycles. The monoisotopic (exact) mass is 546 g/mol. The number of hydrogen-bond donors (Lipinski definition) is 2. The van der Waals surface area contributed by atoms with E-state index in [1.807, 2.05) is 4.90 Å². The van der Waals surface area contributed by atoms with Crippen molar-refractivity contribution in [1.82, 2.24) is 19.6 Å². The van der Waals surface area contributed by atoms with Gasteiger partial charge < -0.3 is 25.0 Å². The Morgan fingerprint density at radius 1 is 1.11 bits per heavy atom. The Labute approximate surface area is 221 Å². The van der Waals surface area contributed by atoms with Gasteiger partial charge in [0.1, 0.15) is 0 Å². The first kappa shape index (κ1) is 25.1. The van der Waals surface area contributed by atoms with E-state index < -0.39 is 22.9 Å². The number of carbonyl (C=O) groups excluding carboxylic acids is 2. The third kappa shape index (κ3) is 4.77. The smallest absolute Gasteiger partial charge is 0.324 e. The van der Waals surface area contributed by atoms with E-state index >= 15 is 0 Å². The standard InChI is InChI=1S/C24H24Cl2N6O5/c1-29-4-5-31(24(29)36)18-11-15(30-6-8-37-9-7-30)13-32-21(18)28-19(20(33)23(32)35)22(34)27-12-14-2-3-16(25)17(26)10-14/h2-3,10-11,13,33H,4-9,12H2,1H3,(H,27,34). The van der Waals surface area contributed by atoms with Crippen LogP contribution in [0.2, 0.25) is 10.0 Å². The minimum absolute atomic E-state index is 0.0639. The zero-order valence-electron chi connectivity index (χ0n) is 19.9. The number of aromatic hydroxyl groups is 1. The van der Waals surface area contributed by atoms with Crippen LogP contribution >= 0.6 is 23.2 Å². The molecule has 13 heteroatoms. The van der Waals surface area contributed by atoms with Crippen molar-refractivity contribution in [2.75, 3.05) is 56.2 Å². The number of anilines is 2. The first-order chi connectivity index (χ1) is 17.7. The van der Waals surface area contributed by atoms with Crippen molar-refractivity contribution in [3.05, 3.63) is 62.1 Å². The molecule has 0 bridgehead atoms. The van der Waals surface area contributed by atoms with E-state index in [1.54, 1.807) is 42.4 Å². The van der Waals surface area contributed by atoms with E-state index in [0.29, 0.717) is 66.4 Å². The fourth-order valence-corrected chi connectivity index (χ4v) is 4.66. The molecule has 37 heavy (non-hydrogen) atoms. The van der Waals surface area contributed by atoms with Crippen LogP contribution in [0.3, 0.4) is 0 Å². The molecular formula is C24H24Cl2N6O5.